The number of rotatable bonds is 5. The number of hydrogen-bond donors (Lipinski definition) is 1. The van der Waals surface area contributed by atoms with Gasteiger partial charge in [0.05, 0.1) is 5.56 Å². The number of anilines is 1. The molecule has 0 spiro atoms. The first-order valence-corrected chi connectivity index (χ1v) is 5.77. The number of hydrogen-bond acceptors (Lipinski definition) is 3. The Kier molecular flexibility index (Phi) is 5.12. The van der Waals surface area contributed by atoms with Crippen LogP contribution in [0.1, 0.15) is 36.5 Å². The Balaban J connectivity index is 2.48. The van der Waals surface area contributed by atoms with Crippen LogP contribution in [-0.4, -0.2) is 11.5 Å². The third-order valence-electron chi connectivity index (χ3n) is 2.17. The molecule has 3 nitrogen and oxygen atoms in total. The first kappa shape index (κ1) is 12.8. The van der Waals surface area contributed by atoms with E-state index in [9.17, 15) is 4.79 Å². The van der Waals surface area contributed by atoms with Crippen molar-refractivity contribution in [1.82, 2.24) is 0 Å². The van der Waals surface area contributed by atoms with Crippen molar-refractivity contribution < 1.29 is 9.53 Å². The number of esters is 1. The van der Waals surface area contributed by atoms with Crippen molar-refractivity contribution in [3.63, 3.8) is 0 Å². The summed E-state index contributed by atoms with van der Waals surface area (Å²) in [6, 6.07) is 6.57. The molecule has 0 aliphatic rings. The lowest BCUT2D eigenvalue weighted by Crippen LogP contribution is -2.12. The van der Waals surface area contributed by atoms with Crippen LogP contribution in [0.2, 0.25) is 0 Å². The molecule has 1 atom stereocenters. The van der Waals surface area contributed by atoms with Crippen LogP contribution in [0.5, 0.6) is 0 Å². The zero-order valence-corrected chi connectivity index (χ0v) is 10.0. The fraction of sp³-hybridized carbons (Fsp3) is 0.417. The molecule has 0 heterocycles. The largest absolute Gasteiger partial charge is 0.442 e. The van der Waals surface area contributed by atoms with E-state index in [0.29, 0.717) is 17.7 Å². The van der Waals surface area contributed by atoms with Crippen molar-refractivity contribution in [2.75, 3.05) is 5.73 Å². The average molecular weight is 242 g/mol. The first-order valence-electron chi connectivity index (χ1n) is 5.34. The van der Waals surface area contributed by atoms with Gasteiger partial charge in [-0.05, 0) is 37.1 Å². The van der Waals surface area contributed by atoms with Gasteiger partial charge in [-0.25, -0.2) is 4.79 Å². The molecule has 2 N–H and O–H groups in total. The van der Waals surface area contributed by atoms with Gasteiger partial charge < -0.3 is 10.5 Å². The molecule has 0 aliphatic heterocycles. The SMILES string of the molecule is CCCCC(Cl)OC(=O)c1ccc(N)cc1. The van der Waals surface area contributed by atoms with Gasteiger partial charge in [-0.1, -0.05) is 24.9 Å². The Labute approximate surface area is 101 Å². The van der Waals surface area contributed by atoms with Gasteiger partial charge in [0.15, 0.2) is 5.56 Å². The van der Waals surface area contributed by atoms with Gasteiger partial charge in [0.2, 0.25) is 0 Å². The van der Waals surface area contributed by atoms with E-state index in [1.807, 2.05) is 0 Å². The number of ether oxygens (including phenoxy) is 1. The quantitative estimate of drug-likeness (QED) is 0.489. The Morgan fingerprint density at radius 2 is 2.06 bits per heavy atom. The maximum Gasteiger partial charge on any atom is 0.339 e. The van der Waals surface area contributed by atoms with Crippen molar-refractivity contribution >= 4 is 23.3 Å². The zero-order chi connectivity index (χ0) is 12.0. The molecule has 16 heavy (non-hydrogen) atoms. The van der Waals surface area contributed by atoms with Gasteiger partial charge >= 0.3 is 5.97 Å². The molecule has 0 aromatic heterocycles. The van der Waals surface area contributed by atoms with Crippen molar-refractivity contribution in [1.29, 1.82) is 0 Å². The van der Waals surface area contributed by atoms with Gasteiger partial charge in [-0.2, -0.15) is 0 Å². The maximum absolute atomic E-state index is 11.6. The summed E-state index contributed by atoms with van der Waals surface area (Å²) in [5, 5.41) is 0. The summed E-state index contributed by atoms with van der Waals surface area (Å²) in [6.07, 6.45) is 2.66. The molecule has 0 saturated heterocycles. The van der Waals surface area contributed by atoms with E-state index in [1.165, 1.54) is 0 Å². The van der Waals surface area contributed by atoms with Crippen molar-refractivity contribution in [3.05, 3.63) is 29.8 Å². The minimum atomic E-state index is -0.551. The zero-order valence-electron chi connectivity index (χ0n) is 9.28. The molecule has 0 radical (unpaired) electrons. The lowest BCUT2D eigenvalue weighted by atomic mass is 10.2. The van der Waals surface area contributed by atoms with E-state index in [-0.39, 0.29) is 0 Å². The fourth-order valence-electron chi connectivity index (χ4n) is 1.23. The fourth-order valence-corrected chi connectivity index (χ4v) is 1.46. The van der Waals surface area contributed by atoms with E-state index < -0.39 is 11.5 Å². The second kappa shape index (κ2) is 6.38. The van der Waals surface area contributed by atoms with E-state index in [1.54, 1.807) is 24.3 Å². The predicted octanol–water partition coefficient (Wildman–Crippen LogP) is 3.18. The normalized spacial score (nSPS) is 12.1. The summed E-state index contributed by atoms with van der Waals surface area (Å²) in [4.78, 5) is 11.6. The highest BCUT2D eigenvalue weighted by Gasteiger charge is 2.12. The van der Waals surface area contributed by atoms with E-state index in [2.05, 4.69) is 6.92 Å². The number of carbonyl (C=O) groups excluding carboxylic acids is 1. The molecule has 0 aliphatic carbocycles. The van der Waals surface area contributed by atoms with Crippen LogP contribution < -0.4 is 5.73 Å². The van der Waals surface area contributed by atoms with E-state index >= 15 is 0 Å². The molecule has 0 bridgehead atoms. The minimum Gasteiger partial charge on any atom is -0.442 e. The summed E-state index contributed by atoms with van der Waals surface area (Å²) in [5.41, 5.74) is 6.05. The maximum atomic E-state index is 11.6. The molecular formula is C12H16ClNO2. The Morgan fingerprint density at radius 3 is 2.62 bits per heavy atom. The summed E-state index contributed by atoms with van der Waals surface area (Å²) in [5.74, 6) is -0.406. The molecule has 0 amide bonds. The highest BCUT2D eigenvalue weighted by Crippen LogP contribution is 2.13. The van der Waals surface area contributed by atoms with Gasteiger partial charge in [-0.15, -0.1) is 0 Å². The first-order chi connectivity index (χ1) is 7.63. The lowest BCUT2D eigenvalue weighted by Gasteiger charge is -2.10. The number of halogens is 1. The standard InChI is InChI=1S/C12H16ClNO2/c1-2-3-4-11(13)16-12(15)9-5-7-10(14)8-6-9/h5-8,11H,2-4,14H2,1H3. The number of benzene rings is 1. The van der Waals surface area contributed by atoms with E-state index in [0.717, 1.165) is 12.8 Å². The highest BCUT2D eigenvalue weighted by molar-refractivity contribution is 6.20. The molecule has 88 valence electrons. The molecule has 4 heteroatoms. The minimum absolute atomic E-state index is 0.406. The van der Waals surface area contributed by atoms with Crippen molar-refractivity contribution in [3.8, 4) is 0 Å². The Hall–Kier alpha value is -1.22. The number of unbranched alkanes of at least 4 members (excludes halogenated alkanes) is 1. The Morgan fingerprint density at radius 1 is 1.44 bits per heavy atom. The molecule has 1 rings (SSSR count). The monoisotopic (exact) mass is 241 g/mol. The van der Waals surface area contributed by atoms with Gasteiger partial charge in [0.25, 0.3) is 0 Å². The number of nitrogens with two attached hydrogens (primary N) is 1. The van der Waals surface area contributed by atoms with Crippen LogP contribution in [0.3, 0.4) is 0 Å². The van der Waals surface area contributed by atoms with Crippen molar-refractivity contribution in [2.24, 2.45) is 0 Å². The number of alkyl halides is 1. The van der Waals surface area contributed by atoms with Gasteiger partial charge in [0, 0.05) is 5.69 Å². The van der Waals surface area contributed by atoms with Crippen LogP contribution in [0.15, 0.2) is 24.3 Å². The Bertz CT molecular complexity index is 337. The van der Waals surface area contributed by atoms with Crippen LogP contribution in [0, 0.1) is 0 Å². The van der Waals surface area contributed by atoms with Crippen LogP contribution >= 0.6 is 11.6 Å². The average Bonchev–Trinajstić information content (AvgIpc) is 2.27. The molecule has 1 aromatic carbocycles. The molecule has 1 unspecified atom stereocenters. The third kappa shape index (κ3) is 4.11. The van der Waals surface area contributed by atoms with Crippen LogP contribution in [0.4, 0.5) is 5.69 Å². The summed E-state index contributed by atoms with van der Waals surface area (Å²) in [6.45, 7) is 2.06. The second-order valence-electron chi connectivity index (χ2n) is 3.58. The third-order valence-corrected chi connectivity index (χ3v) is 2.47. The highest BCUT2D eigenvalue weighted by atomic mass is 35.5. The smallest absolute Gasteiger partial charge is 0.339 e. The predicted molar refractivity (Wildman–Crippen MR) is 65.4 cm³/mol. The second-order valence-corrected chi connectivity index (χ2v) is 4.07. The summed E-state index contributed by atoms with van der Waals surface area (Å²) >= 11 is 5.87. The van der Waals surface area contributed by atoms with Crippen LogP contribution in [0.25, 0.3) is 0 Å². The van der Waals surface area contributed by atoms with E-state index in [4.69, 9.17) is 22.1 Å². The van der Waals surface area contributed by atoms with Gasteiger partial charge in [0.1, 0.15) is 0 Å². The van der Waals surface area contributed by atoms with Crippen LogP contribution in [-0.2, 0) is 4.74 Å². The molecule has 0 fully saturated rings. The summed E-state index contributed by atoms with van der Waals surface area (Å²) < 4.78 is 5.06. The molecule has 1 aromatic rings. The topological polar surface area (TPSA) is 52.3 Å². The summed E-state index contributed by atoms with van der Waals surface area (Å²) in [7, 11) is 0. The van der Waals surface area contributed by atoms with Gasteiger partial charge in [-0.3, -0.25) is 0 Å². The van der Waals surface area contributed by atoms with Crippen molar-refractivity contribution in [2.45, 2.75) is 31.7 Å². The number of carbonyl (C=O) groups is 1. The number of nitrogen functional groups attached to an aromatic ring is 1. The lowest BCUT2D eigenvalue weighted by molar-refractivity contribution is 0.0434. The molecular weight excluding hydrogens is 226 g/mol. The molecule has 0 saturated carbocycles.